The van der Waals surface area contributed by atoms with E-state index >= 15 is 0 Å². The fourth-order valence-corrected chi connectivity index (χ4v) is 8.64. The highest BCUT2D eigenvalue weighted by molar-refractivity contribution is 7.93. The number of carboxylic acid groups (broad SMARTS) is 2. The van der Waals surface area contributed by atoms with E-state index in [1.54, 1.807) is 91.9 Å². The van der Waals surface area contributed by atoms with Gasteiger partial charge in [-0.3, -0.25) is 9.44 Å². The van der Waals surface area contributed by atoms with Crippen molar-refractivity contribution in [3.63, 3.8) is 0 Å². The average Bonchev–Trinajstić information content (AvgIpc) is 3.24. The number of carbonyl (C=O) groups is 2. The Balaban J connectivity index is 0.000000232. The third-order valence-electron chi connectivity index (χ3n) is 9.63. The standard InChI is InChI=1S/C25H27NO5S.C22H20FNO4S/c1-2-3-18-31-22-14-16-23(17-15-22)32(29,30)26-24-7-5-4-6-20(24)11-8-19-9-12-21(13-10-19)25(27)28;1-15-6-13-19(23)14-21(15)29(27,28)24-20-5-3-2-4-17(20)10-7-16-8-11-18(12-9-16)22(25)26/h4-7,9-10,12-17,26H,2-3,8,11,18H2,1H3,(H,27,28);2-6,8-9,11-14,24H,7,10H2,1H3,(H,25,26). The van der Waals surface area contributed by atoms with Crippen molar-refractivity contribution in [1.29, 1.82) is 0 Å². The van der Waals surface area contributed by atoms with Gasteiger partial charge in [-0.05, 0) is 140 Å². The van der Waals surface area contributed by atoms with Crippen molar-refractivity contribution >= 4 is 43.4 Å². The van der Waals surface area contributed by atoms with Gasteiger partial charge in [0, 0.05) is 0 Å². The first-order valence-corrected chi connectivity index (χ1v) is 22.5. The fraction of sp³-hybridized carbons (Fsp3) is 0.191. The van der Waals surface area contributed by atoms with Gasteiger partial charge in [-0.2, -0.15) is 0 Å². The summed E-state index contributed by atoms with van der Waals surface area (Å²) in [5.41, 5.74) is 5.42. The lowest BCUT2D eigenvalue weighted by atomic mass is 10.0. The first-order valence-electron chi connectivity index (χ1n) is 19.5. The molecule has 0 saturated heterocycles. The van der Waals surface area contributed by atoms with Crippen LogP contribution in [0.5, 0.6) is 5.75 Å². The van der Waals surface area contributed by atoms with Gasteiger partial charge in [0.15, 0.2) is 0 Å². The van der Waals surface area contributed by atoms with Crippen LogP contribution in [0.4, 0.5) is 15.8 Å². The van der Waals surface area contributed by atoms with E-state index in [0.717, 1.165) is 41.2 Å². The number of sulfonamides is 2. The molecule has 0 aliphatic heterocycles. The molecule has 0 heterocycles. The first kappa shape index (κ1) is 45.6. The lowest BCUT2D eigenvalue weighted by molar-refractivity contribution is 0.0686. The summed E-state index contributed by atoms with van der Waals surface area (Å²) in [7, 11) is -7.69. The quantitative estimate of drug-likeness (QED) is 0.0613. The molecule has 318 valence electrons. The van der Waals surface area contributed by atoms with Crippen molar-refractivity contribution in [3.05, 3.63) is 184 Å². The zero-order valence-corrected chi connectivity index (χ0v) is 35.3. The normalized spacial score (nSPS) is 11.2. The highest BCUT2D eigenvalue weighted by Crippen LogP contribution is 2.26. The molecule has 0 spiro atoms. The van der Waals surface area contributed by atoms with Gasteiger partial charge >= 0.3 is 11.9 Å². The summed E-state index contributed by atoms with van der Waals surface area (Å²) in [6.07, 6.45) is 4.40. The maximum absolute atomic E-state index is 13.6. The van der Waals surface area contributed by atoms with Gasteiger partial charge in [0.05, 0.1) is 38.9 Å². The van der Waals surface area contributed by atoms with Gasteiger partial charge in [-0.25, -0.2) is 30.8 Å². The lowest BCUT2D eigenvalue weighted by Crippen LogP contribution is -2.16. The van der Waals surface area contributed by atoms with E-state index in [4.69, 9.17) is 14.9 Å². The van der Waals surface area contributed by atoms with Crippen molar-refractivity contribution < 1.29 is 45.8 Å². The van der Waals surface area contributed by atoms with Crippen LogP contribution in [0, 0.1) is 12.7 Å². The molecule has 14 heteroatoms. The van der Waals surface area contributed by atoms with Crippen LogP contribution >= 0.6 is 0 Å². The second-order valence-electron chi connectivity index (χ2n) is 14.1. The zero-order valence-electron chi connectivity index (χ0n) is 33.7. The van der Waals surface area contributed by atoms with Crippen LogP contribution in [0.1, 0.15) is 68.3 Å². The van der Waals surface area contributed by atoms with Gasteiger partial charge in [0.25, 0.3) is 20.0 Å². The molecule has 0 aliphatic carbocycles. The number of anilines is 2. The molecule has 0 aromatic heterocycles. The summed E-state index contributed by atoms with van der Waals surface area (Å²) in [6, 6.07) is 37.6. The van der Waals surface area contributed by atoms with Gasteiger partial charge in [0.2, 0.25) is 0 Å². The Kier molecular flexibility index (Phi) is 15.8. The second kappa shape index (κ2) is 21.1. The van der Waals surface area contributed by atoms with Crippen molar-refractivity contribution in [2.75, 3.05) is 16.1 Å². The SMILES string of the molecule is CCCCOc1ccc(S(=O)(=O)Nc2ccccc2CCc2ccc(C(=O)O)cc2)cc1.Cc1ccc(F)cc1S(=O)(=O)Nc1ccccc1CCc1ccc(C(=O)O)cc1. The second-order valence-corrected chi connectivity index (χ2v) is 17.4. The van der Waals surface area contributed by atoms with Crippen LogP contribution < -0.4 is 14.2 Å². The highest BCUT2D eigenvalue weighted by atomic mass is 32.2. The van der Waals surface area contributed by atoms with Crippen LogP contribution in [-0.4, -0.2) is 45.6 Å². The number of halogens is 1. The van der Waals surface area contributed by atoms with E-state index in [0.29, 0.717) is 55.0 Å². The number of aromatic carboxylic acids is 2. The molecule has 0 amide bonds. The number of hydrogen-bond acceptors (Lipinski definition) is 7. The Morgan fingerprint density at radius 3 is 1.56 bits per heavy atom. The average molecular weight is 867 g/mol. The molecule has 0 saturated carbocycles. The molecule has 4 N–H and O–H groups in total. The minimum absolute atomic E-state index is 0.100. The molecular weight excluding hydrogens is 820 g/mol. The Morgan fingerprint density at radius 1 is 0.607 bits per heavy atom. The van der Waals surface area contributed by atoms with Crippen LogP contribution in [-0.2, 0) is 45.7 Å². The summed E-state index contributed by atoms with van der Waals surface area (Å²) in [4.78, 5) is 22.0. The number of benzene rings is 6. The van der Waals surface area contributed by atoms with Gasteiger partial charge in [-0.15, -0.1) is 0 Å². The summed E-state index contributed by atoms with van der Waals surface area (Å²) in [5.74, 6) is -1.92. The first-order chi connectivity index (χ1) is 29.1. The van der Waals surface area contributed by atoms with Crippen molar-refractivity contribution in [3.8, 4) is 5.75 Å². The third-order valence-corrected chi connectivity index (χ3v) is 12.5. The van der Waals surface area contributed by atoms with E-state index in [9.17, 15) is 30.8 Å². The van der Waals surface area contributed by atoms with Gasteiger partial charge < -0.3 is 14.9 Å². The molecule has 0 fully saturated rings. The van der Waals surface area contributed by atoms with Crippen LogP contribution in [0.15, 0.2) is 149 Å². The Morgan fingerprint density at radius 2 is 1.08 bits per heavy atom. The van der Waals surface area contributed by atoms with Crippen LogP contribution in [0.3, 0.4) is 0 Å². The molecule has 0 aliphatic rings. The zero-order chi connectivity index (χ0) is 44.0. The summed E-state index contributed by atoms with van der Waals surface area (Å²) in [5, 5.41) is 18.0. The van der Waals surface area contributed by atoms with Crippen molar-refractivity contribution in [1.82, 2.24) is 0 Å². The lowest BCUT2D eigenvalue weighted by Gasteiger charge is -2.14. The number of hydrogen-bond donors (Lipinski definition) is 4. The maximum Gasteiger partial charge on any atom is 0.335 e. The van der Waals surface area contributed by atoms with Gasteiger partial charge in [-0.1, -0.05) is 80.1 Å². The molecule has 0 atom stereocenters. The molecular formula is C47H47FN2O9S2. The predicted molar refractivity (Wildman–Crippen MR) is 234 cm³/mol. The maximum atomic E-state index is 13.6. The van der Waals surface area contributed by atoms with Crippen LogP contribution in [0.2, 0.25) is 0 Å². The van der Waals surface area contributed by atoms with E-state index in [1.165, 1.54) is 24.3 Å². The molecule has 0 unspecified atom stereocenters. The van der Waals surface area contributed by atoms with E-state index < -0.39 is 37.8 Å². The molecule has 6 rings (SSSR count). The highest BCUT2D eigenvalue weighted by Gasteiger charge is 2.20. The number of ether oxygens (including phenoxy) is 1. The third kappa shape index (κ3) is 13.2. The number of aryl methyl sites for hydroxylation is 5. The largest absolute Gasteiger partial charge is 0.494 e. The molecule has 0 bridgehead atoms. The number of para-hydroxylation sites is 2. The van der Waals surface area contributed by atoms with Crippen molar-refractivity contribution in [2.24, 2.45) is 0 Å². The number of carboxylic acids is 2. The minimum Gasteiger partial charge on any atom is -0.494 e. The molecule has 6 aromatic carbocycles. The predicted octanol–water partition coefficient (Wildman–Crippen LogP) is 9.57. The van der Waals surface area contributed by atoms with Crippen molar-refractivity contribution in [2.45, 2.75) is 62.2 Å². The van der Waals surface area contributed by atoms with E-state index in [1.807, 2.05) is 24.3 Å². The van der Waals surface area contributed by atoms with E-state index in [2.05, 4.69) is 16.4 Å². The molecule has 6 aromatic rings. The Labute approximate surface area is 356 Å². The Bertz CT molecular complexity index is 2650. The minimum atomic E-state index is -3.94. The van der Waals surface area contributed by atoms with E-state index in [-0.39, 0.29) is 20.9 Å². The number of nitrogens with one attached hydrogen (secondary N) is 2. The smallest absolute Gasteiger partial charge is 0.335 e. The molecule has 11 nitrogen and oxygen atoms in total. The van der Waals surface area contributed by atoms with Crippen LogP contribution in [0.25, 0.3) is 0 Å². The molecule has 0 radical (unpaired) electrons. The summed E-state index contributed by atoms with van der Waals surface area (Å²) >= 11 is 0. The topological polar surface area (TPSA) is 176 Å². The molecule has 61 heavy (non-hydrogen) atoms. The fourth-order valence-electron chi connectivity index (χ4n) is 6.18. The summed E-state index contributed by atoms with van der Waals surface area (Å²) < 4.78 is 75.7. The number of rotatable bonds is 18. The Hall–Kier alpha value is -6.51. The monoisotopic (exact) mass is 866 g/mol. The summed E-state index contributed by atoms with van der Waals surface area (Å²) in [6.45, 7) is 4.30. The van der Waals surface area contributed by atoms with Gasteiger partial charge in [0.1, 0.15) is 11.6 Å². The number of unbranched alkanes of at least 4 members (excludes halogenated alkanes) is 1.